The first kappa shape index (κ1) is 15.0. The van der Waals surface area contributed by atoms with Gasteiger partial charge in [-0.3, -0.25) is 0 Å². The van der Waals surface area contributed by atoms with E-state index in [0.717, 1.165) is 12.0 Å². The van der Waals surface area contributed by atoms with E-state index < -0.39 is 0 Å². The predicted molar refractivity (Wildman–Crippen MR) is 82.6 cm³/mol. The van der Waals surface area contributed by atoms with Gasteiger partial charge in [0.05, 0.1) is 19.3 Å². The molecule has 0 aliphatic rings. The van der Waals surface area contributed by atoms with Gasteiger partial charge in [0, 0.05) is 6.42 Å². The first-order chi connectivity index (χ1) is 10.3. The summed E-state index contributed by atoms with van der Waals surface area (Å²) < 4.78 is 11.0. The van der Waals surface area contributed by atoms with Crippen molar-refractivity contribution in [3.8, 4) is 23.3 Å². The monoisotopic (exact) mass is 282 g/mol. The minimum Gasteiger partial charge on any atom is -0.497 e. The summed E-state index contributed by atoms with van der Waals surface area (Å²) in [5.74, 6) is 6.93. The van der Waals surface area contributed by atoms with Gasteiger partial charge in [-0.2, -0.15) is 0 Å². The average molecular weight is 282 g/mol. The summed E-state index contributed by atoms with van der Waals surface area (Å²) in [5, 5.41) is 8.82. The number of hydrogen-bond acceptors (Lipinski definition) is 3. The summed E-state index contributed by atoms with van der Waals surface area (Å²) in [6.45, 7) is 0.394. The van der Waals surface area contributed by atoms with Crippen LogP contribution in [-0.2, 0) is 6.42 Å². The summed E-state index contributed by atoms with van der Waals surface area (Å²) >= 11 is 0. The summed E-state index contributed by atoms with van der Waals surface area (Å²) in [7, 11) is 1.61. The third-order valence-corrected chi connectivity index (χ3v) is 2.98. The SMILES string of the molecule is COc1ccc(OCCc2ccccc2)c(C#CCO)c1. The van der Waals surface area contributed by atoms with Crippen LogP contribution in [0.25, 0.3) is 0 Å². The maximum absolute atomic E-state index is 8.82. The summed E-state index contributed by atoms with van der Waals surface area (Å²) in [6.07, 6.45) is 0.833. The summed E-state index contributed by atoms with van der Waals surface area (Å²) in [4.78, 5) is 0. The van der Waals surface area contributed by atoms with Crippen molar-refractivity contribution in [2.75, 3.05) is 20.3 Å². The van der Waals surface area contributed by atoms with Crippen LogP contribution in [0, 0.1) is 11.8 Å². The average Bonchev–Trinajstić information content (AvgIpc) is 2.54. The topological polar surface area (TPSA) is 38.7 Å². The standard InChI is InChI=1S/C18H18O3/c1-20-17-9-10-18(16(14-17)8-5-12-19)21-13-11-15-6-3-2-4-7-15/h2-4,6-7,9-10,14,19H,11-13H2,1H3. The van der Waals surface area contributed by atoms with Gasteiger partial charge in [-0.25, -0.2) is 0 Å². The molecule has 21 heavy (non-hydrogen) atoms. The van der Waals surface area contributed by atoms with Crippen molar-refractivity contribution in [2.45, 2.75) is 6.42 Å². The van der Waals surface area contributed by atoms with Crippen molar-refractivity contribution in [2.24, 2.45) is 0 Å². The second-order valence-electron chi connectivity index (χ2n) is 4.41. The molecule has 2 rings (SSSR count). The van der Waals surface area contributed by atoms with Crippen LogP contribution in [0.1, 0.15) is 11.1 Å². The molecular weight excluding hydrogens is 264 g/mol. The molecular formula is C18H18O3. The highest BCUT2D eigenvalue weighted by molar-refractivity contribution is 5.50. The zero-order chi connectivity index (χ0) is 14.9. The van der Waals surface area contributed by atoms with Crippen molar-refractivity contribution < 1.29 is 14.6 Å². The molecule has 3 nitrogen and oxygen atoms in total. The lowest BCUT2D eigenvalue weighted by Gasteiger charge is -2.10. The van der Waals surface area contributed by atoms with Gasteiger partial charge in [0.15, 0.2) is 0 Å². The maximum Gasteiger partial charge on any atom is 0.135 e. The molecule has 0 saturated heterocycles. The fourth-order valence-corrected chi connectivity index (χ4v) is 1.92. The summed E-state index contributed by atoms with van der Waals surface area (Å²) in [5.41, 5.74) is 1.95. The van der Waals surface area contributed by atoms with Crippen LogP contribution in [0.2, 0.25) is 0 Å². The normalized spacial score (nSPS) is 9.62. The molecule has 0 radical (unpaired) electrons. The van der Waals surface area contributed by atoms with Crippen LogP contribution in [0.15, 0.2) is 48.5 Å². The zero-order valence-corrected chi connectivity index (χ0v) is 12.0. The highest BCUT2D eigenvalue weighted by Gasteiger charge is 2.04. The molecule has 0 amide bonds. The Hall–Kier alpha value is -2.44. The minimum absolute atomic E-state index is 0.180. The second-order valence-corrected chi connectivity index (χ2v) is 4.41. The van der Waals surface area contributed by atoms with Crippen molar-refractivity contribution in [3.05, 3.63) is 59.7 Å². The molecule has 108 valence electrons. The lowest BCUT2D eigenvalue weighted by atomic mass is 10.1. The number of aliphatic hydroxyl groups is 1. The molecule has 2 aromatic carbocycles. The van der Waals surface area contributed by atoms with Gasteiger partial charge in [0.2, 0.25) is 0 Å². The smallest absolute Gasteiger partial charge is 0.135 e. The third-order valence-electron chi connectivity index (χ3n) is 2.98. The number of methoxy groups -OCH3 is 1. The molecule has 0 spiro atoms. The lowest BCUT2D eigenvalue weighted by molar-refractivity contribution is 0.320. The molecule has 0 fully saturated rings. The molecule has 0 heterocycles. The van der Waals surface area contributed by atoms with Gasteiger partial charge in [-0.1, -0.05) is 42.2 Å². The third kappa shape index (κ3) is 4.55. The quantitative estimate of drug-likeness (QED) is 0.857. The molecule has 1 N–H and O–H groups in total. The summed E-state index contributed by atoms with van der Waals surface area (Å²) in [6, 6.07) is 15.7. The van der Waals surface area contributed by atoms with Crippen molar-refractivity contribution >= 4 is 0 Å². The number of rotatable bonds is 5. The van der Waals surface area contributed by atoms with E-state index in [-0.39, 0.29) is 6.61 Å². The van der Waals surface area contributed by atoms with E-state index in [1.54, 1.807) is 13.2 Å². The molecule has 0 aromatic heterocycles. The van der Waals surface area contributed by atoms with Crippen LogP contribution in [0.4, 0.5) is 0 Å². The van der Waals surface area contributed by atoms with Gasteiger partial charge in [0.1, 0.15) is 18.1 Å². The van der Waals surface area contributed by atoms with Crippen molar-refractivity contribution in [3.63, 3.8) is 0 Å². The van der Waals surface area contributed by atoms with E-state index in [4.69, 9.17) is 14.6 Å². The lowest BCUT2D eigenvalue weighted by Crippen LogP contribution is -2.02. The first-order valence-electron chi connectivity index (χ1n) is 6.78. The Balaban J connectivity index is 2.04. The van der Waals surface area contributed by atoms with E-state index in [9.17, 15) is 0 Å². The molecule has 0 saturated carbocycles. The molecule has 0 aliphatic carbocycles. The van der Waals surface area contributed by atoms with Crippen molar-refractivity contribution in [1.82, 2.24) is 0 Å². The molecule has 0 aliphatic heterocycles. The molecule has 0 unspecified atom stereocenters. The second kappa shape index (κ2) is 7.98. The van der Waals surface area contributed by atoms with Crippen molar-refractivity contribution in [1.29, 1.82) is 0 Å². The van der Waals surface area contributed by atoms with E-state index >= 15 is 0 Å². The van der Waals surface area contributed by atoms with Gasteiger partial charge in [-0.15, -0.1) is 0 Å². The number of hydrogen-bond donors (Lipinski definition) is 1. The van der Waals surface area contributed by atoms with E-state index in [0.29, 0.717) is 18.1 Å². The highest BCUT2D eigenvalue weighted by atomic mass is 16.5. The number of benzene rings is 2. The van der Waals surface area contributed by atoms with Crippen LogP contribution in [0.3, 0.4) is 0 Å². The van der Waals surface area contributed by atoms with Gasteiger partial charge >= 0.3 is 0 Å². The number of ether oxygens (including phenoxy) is 2. The Morgan fingerprint density at radius 3 is 2.62 bits per heavy atom. The van der Waals surface area contributed by atoms with Gasteiger partial charge in [-0.05, 0) is 23.8 Å². The minimum atomic E-state index is -0.180. The maximum atomic E-state index is 8.82. The van der Waals surface area contributed by atoms with Crippen LogP contribution < -0.4 is 9.47 Å². The zero-order valence-electron chi connectivity index (χ0n) is 12.0. The molecule has 0 atom stereocenters. The van der Waals surface area contributed by atoms with Gasteiger partial charge in [0.25, 0.3) is 0 Å². The van der Waals surface area contributed by atoms with Crippen LogP contribution in [0.5, 0.6) is 11.5 Å². The molecule has 0 bridgehead atoms. The Labute approximate surface area is 125 Å². The Kier molecular flexibility index (Phi) is 5.69. The molecule has 2 aromatic rings. The van der Waals surface area contributed by atoms with Crippen LogP contribution >= 0.6 is 0 Å². The first-order valence-corrected chi connectivity index (χ1v) is 6.78. The number of aliphatic hydroxyl groups excluding tert-OH is 1. The fraction of sp³-hybridized carbons (Fsp3) is 0.222. The predicted octanol–water partition coefficient (Wildman–Crippen LogP) is 2.66. The molecule has 3 heteroatoms. The Bertz CT molecular complexity index is 624. The highest BCUT2D eigenvalue weighted by Crippen LogP contribution is 2.23. The Morgan fingerprint density at radius 1 is 1.10 bits per heavy atom. The van der Waals surface area contributed by atoms with Gasteiger partial charge < -0.3 is 14.6 Å². The largest absolute Gasteiger partial charge is 0.497 e. The fourth-order valence-electron chi connectivity index (χ4n) is 1.92. The van der Waals surface area contributed by atoms with Crippen LogP contribution in [-0.4, -0.2) is 25.4 Å². The Morgan fingerprint density at radius 2 is 1.90 bits per heavy atom. The van der Waals surface area contributed by atoms with E-state index in [1.165, 1.54) is 5.56 Å². The van der Waals surface area contributed by atoms with E-state index in [1.807, 2.05) is 30.3 Å². The van der Waals surface area contributed by atoms with E-state index in [2.05, 4.69) is 24.0 Å².